The summed E-state index contributed by atoms with van der Waals surface area (Å²) in [6.07, 6.45) is 13.3. The van der Waals surface area contributed by atoms with E-state index in [0.29, 0.717) is 6.04 Å². The molecule has 3 aromatic rings. The van der Waals surface area contributed by atoms with Crippen molar-refractivity contribution in [1.82, 2.24) is 0 Å². The normalized spacial score (nSPS) is 12.2. The van der Waals surface area contributed by atoms with Crippen molar-refractivity contribution < 1.29 is 0 Å². The molecule has 1 N–H and O–H groups in total. The Balaban J connectivity index is 1.57. The number of para-hydroxylation sites is 1. The highest BCUT2D eigenvalue weighted by molar-refractivity contribution is 5.85. The van der Waals surface area contributed by atoms with Crippen LogP contribution in [0.1, 0.15) is 70.3 Å². The van der Waals surface area contributed by atoms with Gasteiger partial charge in [0.1, 0.15) is 0 Å². The maximum Gasteiger partial charge on any atom is 0.0342 e. The van der Waals surface area contributed by atoms with Gasteiger partial charge in [0.2, 0.25) is 0 Å². The highest BCUT2D eigenvalue weighted by Gasteiger charge is 2.12. The number of hydrogen-bond acceptors (Lipinski definition) is 1. The van der Waals surface area contributed by atoms with Crippen LogP contribution in [0.25, 0.3) is 10.8 Å². The first-order valence-corrected chi connectivity index (χ1v) is 11.6. The van der Waals surface area contributed by atoms with Crippen LogP contribution in [0.3, 0.4) is 0 Å². The van der Waals surface area contributed by atoms with E-state index in [1.165, 1.54) is 79.8 Å². The van der Waals surface area contributed by atoms with Crippen LogP contribution in [0.5, 0.6) is 0 Å². The fourth-order valence-corrected chi connectivity index (χ4v) is 4.26. The van der Waals surface area contributed by atoms with Gasteiger partial charge >= 0.3 is 0 Å². The minimum Gasteiger partial charge on any atom is -0.382 e. The van der Waals surface area contributed by atoms with Gasteiger partial charge in [-0.2, -0.15) is 0 Å². The summed E-state index contributed by atoms with van der Waals surface area (Å²) < 4.78 is 0. The van der Waals surface area contributed by atoms with Gasteiger partial charge in [-0.3, -0.25) is 0 Å². The summed E-state index contributed by atoms with van der Waals surface area (Å²) >= 11 is 0. The largest absolute Gasteiger partial charge is 0.382 e. The predicted octanol–water partition coefficient (Wildman–Crippen LogP) is 8.39. The third-order valence-corrected chi connectivity index (χ3v) is 5.90. The van der Waals surface area contributed by atoms with Crippen molar-refractivity contribution in [3.05, 3.63) is 78.4 Å². The molecule has 0 heterocycles. The predicted molar refractivity (Wildman–Crippen MR) is 129 cm³/mol. The standard InChI is InChI=1S/C28H37N/c1-2-3-4-5-6-7-8-10-21-27(29-26-19-11-9-12-20-26)23-25-18-15-17-24-16-13-14-22-28(24)25/h9,11-20,22,27,29H,2-8,10,21,23H2,1H3. The zero-order valence-corrected chi connectivity index (χ0v) is 18.1. The molecule has 0 fully saturated rings. The fraction of sp³-hybridized carbons (Fsp3) is 0.429. The van der Waals surface area contributed by atoms with Gasteiger partial charge in [0, 0.05) is 11.7 Å². The number of unbranched alkanes of at least 4 members (excludes halogenated alkanes) is 7. The molecule has 0 bridgehead atoms. The summed E-state index contributed by atoms with van der Waals surface area (Å²) in [5.41, 5.74) is 2.69. The number of hydrogen-bond donors (Lipinski definition) is 1. The summed E-state index contributed by atoms with van der Waals surface area (Å²) in [5.74, 6) is 0. The smallest absolute Gasteiger partial charge is 0.0342 e. The summed E-state index contributed by atoms with van der Waals surface area (Å²) in [5, 5.41) is 6.55. The molecular weight excluding hydrogens is 350 g/mol. The highest BCUT2D eigenvalue weighted by atomic mass is 14.9. The number of fused-ring (bicyclic) bond motifs is 1. The van der Waals surface area contributed by atoms with Crippen molar-refractivity contribution in [2.24, 2.45) is 0 Å². The summed E-state index contributed by atoms with van der Waals surface area (Å²) in [6, 6.07) is 26.7. The van der Waals surface area contributed by atoms with E-state index in [-0.39, 0.29) is 0 Å². The van der Waals surface area contributed by atoms with Crippen LogP contribution in [0.15, 0.2) is 72.8 Å². The lowest BCUT2D eigenvalue weighted by Crippen LogP contribution is -2.22. The molecule has 0 radical (unpaired) electrons. The molecule has 0 saturated heterocycles. The van der Waals surface area contributed by atoms with Crippen molar-refractivity contribution in [1.29, 1.82) is 0 Å². The third-order valence-electron chi connectivity index (χ3n) is 5.90. The number of anilines is 1. The van der Waals surface area contributed by atoms with E-state index < -0.39 is 0 Å². The lowest BCUT2D eigenvalue weighted by atomic mass is 9.95. The van der Waals surface area contributed by atoms with Crippen LogP contribution < -0.4 is 5.32 Å². The van der Waals surface area contributed by atoms with Gasteiger partial charge in [-0.1, -0.05) is 119 Å². The van der Waals surface area contributed by atoms with Crippen LogP contribution in [-0.2, 0) is 6.42 Å². The van der Waals surface area contributed by atoms with E-state index in [2.05, 4.69) is 85.0 Å². The average Bonchev–Trinajstić information content (AvgIpc) is 2.76. The Morgan fingerprint density at radius 2 is 1.31 bits per heavy atom. The summed E-state index contributed by atoms with van der Waals surface area (Å²) in [6.45, 7) is 2.29. The van der Waals surface area contributed by atoms with Crippen LogP contribution in [0, 0.1) is 0 Å². The monoisotopic (exact) mass is 387 g/mol. The molecule has 1 atom stereocenters. The number of nitrogens with one attached hydrogen (secondary N) is 1. The quantitative estimate of drug-likeness (QED) is 0.290. The Bertz CT molecular complexity index is 819. The van der Waals surface area contributed by atoms with Crippen molar-refractivity contribution in [2.45, 2.75) is 77.2 Å². The van der Waals surface area contributed by atoms with Crippen LogP contribution in [0.2, 0.25) is 0 Å². The zero-order chi connectivity index (χ0) is 20.2. The van der Waals surface area contributed by atoms with E-state index in [9.17, 15) is 0 Å². The number of benzene rings is 3. The van der Waals surface area contributed by atoms with Crippen LogP contribution in [0.4, 0.5) is 5.69 Å². The van der Waals surface area contributed by atoms with Gasteiger partial charge in [0.25, 0.3) is 0 Å². The topological polar surface area (TPSA) is 12.0 Å². The van der Waals surface area contributed by atoms with Gasteiger partial charge in [0.15, 0.2) is 0 Å². The molecule has 3 rings (SSSR count). The van der Waals surface area contributed by atoms with Gasteiger partial charge in [-0.05, 0) is 41.3 Å². The van der Waals surface area contributed by atoms with Gasteiger partial charge < -0.3 is 5.32 Å². The maximum atomic E-state index is 3.81. The molecule has 0 amide bonds. The first-order chi connectivity index (χ1) is 14.4. The molecule has 3 aromatic carbocycles. The van der Waals surface area contributed by atoms with Crippen LogP contribution >= 0.6 is 0 Å². The molecule has 0 spiro atoms. The van der Waals surface area contributed by atoms with Crippen molar-refractivity contribution in [2.75, 3.05) is 5.32 Å². The Labute approximate surface area is 177 Å². The lowest BCUT2D eigenvalue weighted by molar-refractivity contribution is 0.539. The van der Waals surface area contributed by atoms with Gasteiger partial charge in [-0.25, -0.2) is 0 Å². The minimum absolute atomic E-state index is 0.475. The van der Waals surface area contributed by atoms with Crippen molar-refractivity contribution >= 4 is 16.5 Å². The molecule has 0 aromatic heterocycles. The second-order valence-electron chi connectivity index (χ2n) is 8.31. The lowest BCUT2D eigenvalue weighted by Gasteiger charge is -2.21. The first kappa shape index (κ1) is 21.4. The van der Waals surface area contributed by atoms with E-state index in [0.717, 1.165) is 6.42 Å². The van der Waals surface area contributed by atoms with E-state index in [4.69, 9.17) is 0 Å². The van der Waals surface area contributed by atoms with Crippen molar-refractivity contribution in [3.63, 3.8) is 0 Å². The molecular formula is C28H37N. The molecule has 0 aliphatic carbocycles. The van der Waals surface area contributed by atoms with Crippen LogP contribution in [-0.4, -0.2) is 6.04 Å². The summed E-state index contributed by atoms with van der Waals surface area (Å²) in [4.78, 5) is 0. The number of rotatable bonds is 13. The Hall–Kier alpha value is -2.28. The summed E-state index contributed by atoms with van der Waals surface area (Å²) in [7, 11) is 0. The molecule has 29 heavy (non-hydrogen) atoms. The Morgan fingerprint density at radius 1 is 0.655 bits per heavy atom. The molecule has 1 heteroatoms. The average molecular weight is 388 g/mol. The fourth-order valence-electron chi connectivity index (χ4n) is 4.26. The third kappa shape index (κ3) is 7.24. The molecule has 0 aliphatic rings. The Kier molecular flexibility index (Phi) is 9.10. The molecule has 1 nitrogen and oxygen atoms in total. The SMILES string of the molecule is CCCCCCCCCCC(Cc1cccc2ccccc12)Nc1ccccc1. The zero-order valence-electron chi connectivity index (χ0n) is 18.1. The van der Waals surface area contributed by atoms with E-state index in [1.807, 2.05) is 0 Å². The maximum absolute atomic E-state index is 3.81. The van der Waals surface area contributed by atoms with Crippen molar-refractivity contribution in [3.8, 4) is 0 Å². The second-order valence-corrected chi connectivity index (χ2v) is 8.31. The second kappa shape index (κ2) is 12.3. The molecule has 1 unspecified atom stereocenters. The highest BCUT2D eigenvalue weighted by Crippen LogP contribution is 2.23. The first-order valence-electron chi connectivity index (χ1n) is 11.6. The van der Waals surface area contributed by atoms with Gasteiger partial charge in [0.05, 0.1) is 0 Å². The Morgan fingerprint density at radius 3 is 2.10 bits per heavy atom. The minimum atomic E-state index is 0.475. The molecule has 0 saturated carbocycles. The van der Waals surface area contributed by atoms with E-state index in [1.54, 1.807) is 0 Å². The van der Waals surface area contributed by atoms with E-state index >= 15 is 0 Å². The van der Waals surface area contributed by atoms with Gasteiger partial charge in [-0.15, -0.1) is 0 Å². The molecule has 154 valence electrons. The molecule has 0 aliphatic heterocycles.